The van der Waals surface area contributed by atoms with E-state index in [0.717, 1.165) is 0 Å². The molecule has 0 saturated heterocycles. The summed E-state index contributed by atoms with van der Waals surface area (Å²) in [5, 5.41) is 0.212. The molecule has 0 fully saturated rings. The Labute approximate surface area is 56.0 Å². The van der Waals surface area contributed by atoms with Gasteiger partial charge in [-0.1, -0.05) is 0 Å². The molecule has 1 aromatic heterocycles. The molecule has 46 valence electrons. The van der Waals surface area contributed by atoms with E-state index in [1.54, 1.807) is 0 Å². The maximum Gasteiger partial charge on any atom is 0.240 e. The van der Waals surface area contributed by atoms with Crippen molar-refractivity contribution < 1.29 is 9.21 Å². The molecule has 1 aromatic rings. The van der Waals surface area contributed by atoms with Crippen LogP contribution in [0.25, 0.3) is 0 Å². The first-order chi connectivity index (χ1) is 4.33. The zero-order valence-electron chi connectivity index (χ0n) is 4.30. The molecule has 0 unspecified atom stereocenters. The van der Waals surface area contributed by atoms with Gasteiger partial charge in [-0.2, -0.15) is 4.99 Å². The Kier molecular flexibility index (Phi) is 1.68. The zero-order valence-corrected chi connectivity index (χ0v) is 5.05. The molecule has 0 atom stereocenters. The molecule has 0 aliphatic carbocycles. The van der Waals surface area contributed by atoms with Crippen LogP contribution >= 0.6 is 11.6 Å². The Balaban J connectivity index is 2.97. The maximum absolute atomic E-state index is 9.61. The van der Waals surface area contributed by atoms with Gasteiger partial charge in [0.05, 0.1) is 0 Å². The van der Waals surface area contributed by atoms with Crippen molar-refractivity contribution in [2.24, 2.45) is 4.99 Å². The summed E-state index contributed by atoms with van der Waals surface area (Å²) in [5.74, 6) is 0. The van der Waals surface area contributed by atoms with Crippen molar-refractivity contribution in [1.82, 2.24) is 0 Å². The van der Waals surface area contributed by atoms with Gasteiger partial charge in [-0.3, -0.25) is 0 Å². The van der Waals surface area contributed by atoms with E-state index in [-0.39, 0.29) is 5.22 Å². The Morgan fingerprint density at radius 2 is 2.56 bits per heavy atom. The smallest absolute Gasteiger partial charge is 0.240 e. The minimum Gasteiger partial charge on any atom is -0.451 e. The summed E-state index contributed by atoms with van der Waals surface area (Å²) in [4.78, 5) is 12.9. The van der Waals surface area contributed by atoms with Crippen LogP contribution in [0.3, 0.4) is 0 Å². The monoisotopic (exact) mass is 143 g/mol. The highest BCUT2D eigenvalue weighted by molar-refractivity contribution is 6.29. The molecule has 1 heterocycles. The summed E-state index contributed by atoms with van der Waals surface area (Å²) in [6, 6.07) is 1.42. The molecule has 0 N–H and O–H groups in total. The summed E-state index contributed by atoms with van der Waals surface area (Å²) in [6.45, 7) is 0. The third-order valence-corrected chi connectivity index (χ3v) is 0.927. The number of halogens is 1. The molecule has 0 aliphatic rings. The standard InChI is InChI=1S/C5H2ClNO2/c6-5-1-4(2-9-5)7-3-8/h1-2H. The molecule has 9 heavy (non-hydrogen) atoms. The lowest BCUT2D eigenvalue weighted by Gasteiger charge is -1.67. The van der Waals surface area contributed by atoms with Crippen molar-refractivity contribution in [2.45, 2.75) is 0 Å². The molecule has 3 nitrogen and oxygen atoms in total. The van der Waals surface area contributed by atoms with Crippen LogP contribution in [0.4, 0.5) is 5.69 Å². The molecule has 0 aliphatic heterocycles. The molecule has 1 rings (SSSR count). The number of rotatable bonds is 1. The topological polar surface area (TPSA) is 42.6 Å². The second-order valence-corrected chi connectivity index (χ2v) is 1.68. The summed E-state index contributed by atoms with van der Waals surface area (Å²) < 4.78 is 4.61. The number of aliphatic imine (C=N–C) groups is 1. The average molecular weight is 144 g/mol. The van der Waals surface area contributed by atoms with Gasteiger partial charge in [0.25, 0.3) is 0 Å². The van der Waals surface area contributed by atoms with Crippen LogP contribution in [-0.4, -0.2) is 6.08 Å². The Bertz CT molecular complexity index is 249. The fourth-order valence-corrected chi connectivity index (χ4v) is 0.569. The molecule has 4 heteroatoms. The van der Waals surface area contributed by atoms with Crippen LogP contribution in [0.2, 0.25) is 5.22 Å². The highest BCUT2D eigenvalue weighted by Gasteiger charge is 1.93. The third kappa shape index (κ3) is 1.42. The number of furan rings is 1. The van der Waals surface area contributed by atoms with Gasteiger partial charge in [0.2, 0.25) is 6.08 Å². The van der Waals surface area contributed by atoms with E-state index in [1.807, 2.05) is 0 Å². The number of carbonyl (C=O) groups excluding carboxylic acids is 1. The number of nitrogens with zero attached hydrogens (tertiary/aromatic N) is 1. The van der Waals surface area contributed by atoms with Crippen LogP contribution in [0.15, 0.2) is 21.7 Å². The summed E-state index contributed by atoms with van der Waals surface area (Å²) in [7, 11) is 0. The van der Waals surface area contributed by atoms with E-state index in [9.17, 15) is 4.79 Å². The lowest BCUT2D eigenvalue weighted by molar-refractivity contribution is 0.563. The Morgan fingerprint density at radius 1 is 1.78 bits per heavy atom. The SMILES string of the molecule is O=C=Nc1coc(Cl)c1. The van der Waals surface area contributed by atoms with Gasteiger partial charge >= 0.3 is 0 Å². The predicted molar refractivity (Wildman–Crippen MR) is 31.5 cm³/mol. The quantitative estimate of drug-likeness (QED) is 0.445. The van der Waals surface area contributed by atoms with Gasteiger partial charge in [0.15, 0.2) is 5.22 Å². The number of isocyanates is 1. The van der Waals surface area contributed by atoms with E-state index in [4.69, 9.17) is 11.6 Å². The van der Waals surface area contributed by atoms with Gasteiger partial charge in [-0.25, -0.2) is 4.79 Å². The second kappa shape index (κ2) is 2.49. The lowest BCUT2D eigenvalue weighted by Crippen LogP contribution is -1.48. The Morgan fingerprint density at radius 3 is 3.00 bits per heavy atom. The minimum atomic E-state index is 0.212. The average Bonchev–Trinajstić information content (AvgIpc) is 2.17. The first-order valence-electron chi connectivity index (χ1n) is 2.15. The molecular formula is C5H2ClNO2. The summed E-state index contributed by atoms with van der Waals surface area (Å²) >= 11 is 5.34. The zero-order chi connectivity index (χ0) is 6.69. The summed E-state index contributed by atoms with van der Waals surface area (Å²) in [6.07, 6.45) is 2.62. The first kappa shape index (κ1) is 6.08. The molecule has 0 radical (unpaired) electrons. The van der Waals surface area contributed by atoms with Crippen molar-refractivity contribution in [1.29, 1.82) is 0 Å². The van der Waals surface area contributed by atoms with Gasteiger partial charge in [-0.15, -0.1) is 0 Å². The van der Waals surface area contributed by atoms with Crippen molar-refractivity contribution in [3.05, 3.63) is 17.5 Å². The Hall–Kier alpha value is -1.05. The predicted octanol–water partition coefficient (Wildman–Crippen LogP) is 1.90. The summed E-state index contributed by atoms with van der Waals surface area (Å²) in [5.41, 5.74) is 0.384. The van der Waals surface area contributed by atoms with Gasteiger partial charge in [-0.05, 0) is 11.6 Å². The van der Waals surface area contributed by atoms with Crippen LogP contribution in [0, 0.1) is 0 Å². The molecular weight excluding hydrogens is 142 g/mol. The maximum atomic E-state index is 9.61. The van der Waals surface area contributed by atoms with Gasteiger partial charge in [0.1, 0.15) is 12.0 Å². The van der Waals surface area contributed by atoms with Crippen molar-refractivity contribution >= 4 is 23.4 Å². The van der Waals surface area contributed by atoms with Gasteiger partial charge in [0, 0.05) is 6.07 Å². The van der Waals surface area contributed by atoms with Crippen LogP contribution in [0.5, 0.6) is 0 Å². The van der Waals surface area contributed by atoms with Crippen molar-refractivity contribution in [3.63, 3.8) is 0 Å². The van der Waals surface area contributed by atoms with E-state index < -0.39 is 0 Å². The largest absolute Gasteiger partial charge is 0.451 e. The molecule has 0 bridgehead atoms. The highest BCUT2D eigenvalue weighted by Crippen LogP contribution is 2.19. The van der Waals surface area contributed by atoms with Crippen molar-refractivity contribution in [2.75, 3.05) is 0 Å². The third-order valence-electron chi connectivity index (χ3n) is 0.728. The van der Waals surface area contributed by atoms with Crippen LogP contribution in [-0.2, 0) is 4.79 Å². The van der Waals surface area contributed by atoms with E-state index in [1.165, 1.54) is 18.4 Å². The highest BCUT2D eigenvalue weighted by atomic mass is 35.5. The fourth-order valence-electron chi connectivity index (χ4n) is 0.412. The van der Waals surface area contributed by atoms with Crippen LogP contribution in [0.1, 0.15) is 0 Å². The second-order valence-electron chi connectivity index (χ2n) is 1.31. The van der Waals surface area contributed by atoms with Gasteiger partial charge < -0.3 is 4.42 Å². The van der Waals surface area contributed by atoms with E-state index in [2.05, 4.69) is 9.41 Å². The number of hydrogen-bond donors (Lipinski definition) is 0. The van der Waals surface area contributed by atoms with E-state index in [0.29, 0.717) is 5.69 Å². The normalized spacial score (nSPS) is 8.56. The molecule has 0 spiro atoms. The molecule has 0 aromatic carbocycles. The number of hydrogen-bond acceptors (Lipinski definition) is 3. The molecule has 0 amide bonds. The minimum absolute atomic E-state index is 0.212. The lowest BCUT2D eigenvalue weighted by atomic mass is 10.6. The molecule has 0 saturated carbocycles. The first-order valence-corrected chi connectivity index (χ1v) is 2.52. The van der Waals surface area contributed by atoms with E-state index >= 15 is 0 Å². The van der Waals surface area contributed by atoms with Crippen LogP contribution < -0.4 is 0 Å². The van der Waals surface area contributed by atoms with Crippen molar-refractivity contribution in [3.8, 4) is 0 Å². The fraction of sp³-hybridized carbons (Fsp3) is 0.